The van der Waals surface area contributed by atoms with E-state index in [0.29, 0.717) is 0 Å². The molecule has 2 unspecified atom stereocenters. The zero-order chi connectivity index (χ0) is 14.9. The van der Waals surface area contributed by atoms with Crippen molar-refractivity contribution in [3.05, 3.63) is 77.9 Å². The van der Waals surface area contributed by atoms with Gasteiger partial charge in [-0.3, -0.25) is 0 Å². The molecular weight excluding hydrogens is 258 g/mol. The van der Waals surface area contributed by atoms with Crippen LogP contribution >= 0.6 is 0 Å². The van der Waals surface area contributed by atoms with Gasteiger partial charge in [-0.15, -0.1) is 0 Å². The average molecular weight is 281 g/mol. The van der Waals surface area contributed by atoms with E-state index in [4.69, 9.17) is 0 Å². The summed E-state index contributed by atoms with van der Waals surface area (Å²) >= 11 is 0. The molecule has 2 aromatic carbocycles. The van der Waals surface area contributed by atoms with Crippen LogP contribution in [0.1, 0.15) is 24.2 Å². The van der Waals surface area contributed by atoms with Gasteiger partial charge in [-0.2, -0.15) is 0 Å². The zero-order valence-corrected chi connectivity index (χ0v) is 12.4. The first-order chi connectivity index (χ1) is 10.3. The standard InChI is InChI=1S/C19H23NO/c1-16(19(21)18-12-6-3-7-13-18)15-20-14-8-11-17-9-4-2-5-10-17/h2-13,16,19-21H,14-15H2,1H3. The van der Waals surface area contributed by atoms with Gasteiger partial charge in [0, 0.05) is 13.1 Å². The summed E-state index contributed by atoms with van der Waals surface area (Å²) in [7, 11) is 0. The van der Waals surface area contributed by atoms with Gasteiger partial charge in [0.15, 0.2) is 0 Å². The van der Waals surface area contributed by atoms with Crippen LogP contribution in [0.2, 0.25) is 0 Å². The van der Waals surface area contributed by atoms with Crippen LogP contribution in [-0.4, -0.2) is 18.2 Å². The molecule has 2 N–H and O–H groups in total. The number of benzene rings is 2. The van der Waals surface area contributed by atoms with Crippen molar-refractivity contribution in [2.24, 2.45) is 5.92 Å². The van der Waals surface area contributed by atoms with E-state index in [1.165, 1.54) is 5.56 Å². The molecule has 0 bridgehead atoms. The zero-order valence-electron chi connectivity index (χ0n) is 12.4. The van der Waals surface area contributed by atoms with Gasteiger partial charge in [0.1, 0.15) is 0 Å². The first kappa shape index (κ1) is 15.5. The normalized spacial score (nSPS) is 14.2. The molecule has 2 aromatic rings. The molecule has 21 heavy (non-hydrogen) atoms. The molecule has 0 aliphatic rings. The van der Waals surface area contributed by atoms with Crippen LogP contribution < -0.4 is 5.32 Å². The van der Waals surface area contributed by atoms with Crippen molar-refractivity contribution in [3.8, 4) is 0 Å². The van der Waals surface area contributed by atoms with Crippen LogP contribution in [0.4, 0.5) is 0 Å². The summed E-state index contributed by atoms with van der Waals surface area (Å²) in [5, 5.41) is 13.6. The molecule has 0 aliphatic carbocycles. The van der Waals surface area contributed by atoms with Crippen molar-refractivity contribution < 1.29 is 5.11 Å². The van der Waals surface area contributed by atoms with E-state index in [-0.39, 0.29) is 5.92 Å². The molecule has 2 nitrogen and oxygen atoms in total. The van der Waals surface area contributed by atoms with Crippen LogP contribution in [0.3, 0.4) is 0 Å². The summed E-state index contributed by atoms with van der Waals surface area (Å²) in [4.78, 5) is 0. The molecule has 0 radical (unpaired) electrons. The molecular formula is C19H23NO. The average Bonchev–Trinajstić information content (AvgIpc) is 2.55. The summed E-state index contributed by atoms with van der Waals surface area (Å²) in [5.74, 6) is 0.178. The Morgan fingerprint density at radius 3 is 2.29 bits per heavy atom. The molecule has 0 heterocycles. The number of nitrogens with one attached hydrogen (secondary N) is 1. The van der Waals surface area contributed by atoms with Gasteiger partial charge in [-0.25, -0.2) is 0 Å². The Balaban J connectivity index is 1.72. The van der Waals surface area contributed by atoms with Crippen molar-refractivity contribution in [2.45, 2.75) is 13.0 Å². The van der Waals surface area contributed by atoms with Gasteiger partial charge in [0.2, 0.25) is 0 Å². The van der Waals surface area contributed by atoms with Gasteiger partial charge in [0.25, 0.3) is 0 Å². The molecule has 2 rings (SSSR count). The second-order valence-electron chi connectivity index (χ2n) is 5.30. The largest absolute Gasteiger partial charge is 0.388 e. The molecule has 0 fully saturated rings. The lowest BCUT2D eigenvalue weighted by molar-refractivity contribution is 0.117. The van der Waals surface area contributed by atoms with E-state index in [1.54, 1.807) is 0 Å². The van der Waals surface area contributed by atoms with Crippen LogP contribution in [0, 0.1) is 5.92 Å². The number of aliphatic hydroxyl groups excluding tert-OH is 1. The molecule has 0 aliphatic heterocycles. The third-order valence-corrected chi connectivity index (χ3v) is 3.52. The Labute approximate surface area is 127 Å². The van der Waals surface area contributed by atoms with E-state index >= 15 is 0 Å². The topological polar surface area (TPSA) is 32.3 Å². The highest BCUT2D eigenvalue weighted by molar-refractivity contribution is 5.48. The Morgan fingerprint density at radius 2 is 1.62 bits per heavy atom. The molecule has 0 saturated heterocycles. The Hall–Kier alpha value is -1.90. The minimum atomic E-state index is -0.420. The van der Waals surface area contributed by atoms with Gasteiger partial charge < -0.3 is 10.4 Å². The second-order valence-corrected chi connectivity index (χ2v) is 5.30. The summed E-state index contributed by atoms with van der Waals surface area (Å²) in [6.07, 6.45) is 3.79. The van der Waals surface area contributed by atoms with E-state index in [0.717, 1.165) is 18.7 Å². The maximum absolute atomic E-state index is 10.3. The number of hydrogen-bond donors (Lipinski definition) is 2. The minimum Gasteiger partial charge on any atom is -0.388 e. The summed E-state index contributed by atoms with van der Waals surface area (Å²) < 4.78 is 0. The molecule has 0 amide bonds. The van der Waals surface area contributed by atoms with Crippen LogP contribution in [0.25, 0.3) is 6.08 Å². The van der Waals surface area contributed by atoms with E-state index in [9.17, 15) is 5.11 Å². The summed E-state index contributed by atoms with van der Waals surface area (Å²) in [6.45, 7) is 3.65. The van der Waals surface area contributed by atoms with Crippen LogP contribution in [-0.2, 0) is 0 Å². The second kappa shape index (κ2) is 8.40. The van der Waals surface area contributed by atoms with Gasteiger partial charge in [0.05, 0.1) is 6.10 Å². The fourth-order valence-corrected chi connectivity index (χ4v) is 2.24. The highest BCUT2D eigenvalue weighted by Gasteiger charge is 2.15. The maximum atomic E-state index is 10.3. The van der Waals surface area contributed by atoms with Gasteiger partial charge >= 0.3 is 0 Å². The Bertz CT molecular complexity index is 536. The van der Waals surface area contributed by atoms with Crippen molar-refractivity contribution in [1.29, 1.82) is 0 Å². The first-order valence-corrected chi connectivity index (χ1v) is 7.42. The molecule has 0 spiro atoms. The third kappa shape index (κ3) is 5.18. The fraction of sp³-hybridized carbons (Fsp3) is 0.263. The van der Waals surface area contributed by atoms with Crippen LogP contribution in [0.15, 0.2) is 66.7 Å². The van der Waals surface area contributed by atoms with Gasteiger partial charge in [-0.05, 0) is 17.0 Å². The molecule has 2 atom stereocenters. The number of aliphatic hydroxyl groups is 1. The predicted molar refractivity (Wildman–Crippen MR) is 88.9 cm³/mol. The van der Waals surface area contributed by atoms with Crippen molar-refractivity contribution in [3.63, 3.8) is 0 Å². The molecule has 110 valence electrons. The van der Waals surface area contributed by atoms with E-state index in [2.05, 4.69) is 36.5 Å². The maximum Gasteiger partial charge on any atom is 0.0827 e. The SMILES string of the molecule is CC(CNCC=Cc1ccccc1)C(O)c1ccccc1. The lowest BCUT2D eigenvalue weighted by Gasteiger charge is -2.19. The minimum absolute atomic E-state index is 0.178. The van der Waals surface area contributed by atoms with E-state index in [1.807, 2.05) is 48.5 Å². The fourth-order valence-electron chi connectivity index (χ4n) is 2.24. The number of hydrogen-bond acceptors (Lipinski definition) is 2. The molecule has 0 aromatic heterocycles. The van der Waals surface area contributed by atoms with Crippen LogP contribution in [0.5, 0.6) is 0 Å². The smallest absolute Gasteiger partial charge is 0.0827 e. The molecule has 2 heteroatoms. The van der Waals surface area contributed by atoms with Crippen molar-refractivity contribution >= 4 is 6.08 Å². The highest BCUT2D eigenvalue weighted by Crippen LogP contribution is 2.20. The predicted octanol–water partition coefficient (Wildman–Crippen LogP) is 3.66. The highest BCUT2D eigenvalue weighted by atomic mass is 16.3. The Kier molecular flexibility index (Phi) is 6.20. The first-order valence-electron chi connectivity index (χ1n) is 7.42. The lowest BCUT2D eigenvalue weighted by atomic mass is 9.97. The van der Waals surface area contributed by atoms with Crippen molar-refractivity contribution in [1.82, 2.24) is 5.32 Å². The summed E-state index contributed by atoms with van der Waals surface area (Å²) in [6, 6.07) is 20.1. The lowest BCUT2D eigenvalue weighted by Crippen LogP contribution is -2.25. The monoisotopic (exact) mass is 281 g/mol. The van der Waals surface area contributed by atoms with E-state index < -0.39 is 6.10 Å². The number of rotatable bonds is 7. The van der Waals surface area contributed by atoms with Crippen molar-refractivity contribution in [2.75, 3.05) is 13.1 Å². The summed E-state index contributed by atoms with van der Waals surface area (Å²) in [5.41, 5.74) is 2.18. The third-order valence-electron chi connectivity index (χ3n) is 3.52. The Morgan fingerprint density at radius 1 is 1.00 bits per heavy atom. The molecule has 0 saturated carbocycles. The quantitative estimate of drug-likeness (QED) is 0.759. The van der Waals surface area contributed by atoms with Gasteiger partial charge in [-0.1, -0.05) is 79.7 Å².